The van der Waals surface area contributed by atoms with Gasteiger partial charge in [-0.3, -0.25) is 9.59 Å². The second-order valence-electron chi connectivity index (χ2n) is 5.66. The van der Waals surface area contributed by atoms with Gasteiger partial charge in [0.1, 0.15) is 0 Å². The summed E-state index contributed by atoms with van der Waals surface area (Å²) in [7, 11) is 1.73. The van der Waals surface area contributed by atoms with E-state index in [9.17, 15) is 9.59 Å². The topological polar surface area (TPSA) is 75.4 Å². The Balaban J connectivity index is 1.90. The number of carbonyl (C=O) groups excluding carboxylic acids is 2. The molecule has 5 heteroatoms. The van der Waals surface area contributed by atoms with Crippen LogP contribution in [-0.2, 0) is 4.79 Å². The lowest BCUT2D eigenvalue weighted by Gasteiger charge is -2.23. The van der Waals surface area contributed by atoms with Gasteiger partial charge in [0.25, 0.3) is 5.91 Å². The molecule has 5 nitrogen and oxygen atoms in total. The van der Waals surface area contributed by atoms with Gasteiger partial charge in [-0.15, -0.1) is 0 Å². The summed E-state index contributed by atoms with van der Waals surface area (Å²) in [5.41, 5.74) is 6.14. The van der Waals surface area contributed by atoms with Crippen LogP contribution in [0.2, 0.25) is 0 Å². The number of nitrogens with zero attached hydrogens (tertiary/aromatic N) is 1. The predicted octanol–water partition coefficient (Wildman–Crippen LogP) is 1.77. The summed E-state index contributed by atoms with van der Waals surface area (Å²) in [5.74, 6) is -0.195. The Kier molecular flexibility index (Phi) is 5.71. The van der Waals surface area contributed by atoms with Gasteiger partial charge in [-0.1, -0.05) is 30.3 Å². The van der Waals surface area contributed by atoms with Gasteiger partial charge in [-0.25, -0.2) is 0 Å². The molecule has 0 bridgehead atoms. The van der Waals surface area contributed by atoms with Crippen molar-refractivity contribution >= 4 is 22.6 Å². The zero-order chi connectivity index (χ0) is 16.8. The lowest BCUT2D eigenvalue weighted by molar-refractivity contribution is -0.131. The summed E-state index contributed by atoms with van der Waals surface area (Å²) in [6.07, 6.45) is 0.264. The Labute approximate surface area is 136 Å². The monoisotopic (exact) mass is 313 g/mol. The van der Waals surface area contributed by atoms with Crippen molar-refractivity contribution in [3.05, 3.63) is 48.0 Å². The molecule has 0 fully saturated rings. The fourth-order valence-electron chi connectivity index (χ4n) is 2.30. The van der Waals surface area contributed by atoms with Gasteiger partial charge >= 0.3 is 0 Å². The molecule has 2 aromatic rings. The highest BCUT2D eigenvalue weighted by molar-refractivity contribution is 5.98. The number of benzene rings is 2. The number of amides is 2. The SMILES string of the molecule is CC(CN)N(C)C(=O)CCNC(=O)c1ccc2ccccc2c1. The van der Waals surface area contributed by atoms with E-state index in [1.54, 1.807) is 18.0 Å². The molecule has 0 spiro atoms. The van der Waals surface area contributed by atoms with E-state index in [2.05, 4.69) is 5.32 Å². The highest BCUT2D eigenvalue weighted by Gasteiger charge is 2.14. The van der Waals surface area contributed by atoms with Gasteiger partial charge in [-0.05, 0) is 29.8 Å². The summed E-state index contributed by atoms with van der Waals surface area (Å²) in [5, 5.41) is 4.90. The van der Waals surface area contributed by atoms with Crippen LogP contribution in [0.25, 0.3) is 10.8 Å². The summed E-state index contributed by atoms with van der Waals surface area (Å²) in [4.78, 5) is 25.7. The van der Waals surface area contributed by atoms with Crippen LogP contribution in [0.3, 0.4) is 0 Å². The van der Waals surface area contributed by atoms with Crippen molar-refractivity contribution in [2.45, 2.75) is 19.4 Å². The first-order valence-corrected chi connectivity index (χ1v) is 7.75. The third-order valence-electron chi connectivity index (χ3n) is 4.03. The van der Waals surface area contributed by atoms with Gasteiger partial charge in [-0.2, -0.15) is 0 Å². The second-order valence-corrected chi connectivity index (χ2v) is 5.66. The molecular weight excluding hydrogens is 290 g/mol. The number of likely N-dealkylation sites (N-methyl/N-ethyl adjacent to an activating group) is 1. The zero-order valence-corrected chi connectivity index (χ0v) is 13.6. The molecule has 2 rings (SSSR count). The fraction of sp³-hybridized carbons (Fsp3) is 0.333. The average molecular weight is 313 g/mol. The average Bonchev–Trinajstić information content (AvgIpc) is 2.59. The normalized spacial score (nSPS) is 12.0. The van der Waals surface area contributed by atoms with Crippen molar-refractivity contribution in [3.63, 3.8) is 0 Å². The molecule has 1 unspecified atom stereocenters. The number of hydrogen-bond donors (Lipinski definition) is 2. The van der Waals surface area contributed by atoms with Crippen LogP contribution in [0.4, 0.5) is 0 Å². The molecule has 0 radical (unpaired) electrons. The summed E-state index contributed by atoms with van der Waals surface area (Å²) in [6, 6.07) is 13.5. The largest absolute Gasteiger partial charge is 0.352 e. The Morgan fingerprint density at radius 3 is 2.57 bits per heavy atom. The van der Waals surface area contributed by atoms with Gasteiger partial charge in [0, 0.05) is 38.2 Å². The molecule has 3 N–H and O–H groups in total. The van der Waals surface area contributed by atoms with Crippen LogP contribution in [0.5, 0.6) is 0 Å². The maximum atomic E-state index is 12.2. The van der Waals surface area contributed by atoms with Crippen LogP contribution in [0.1, 0.15) is 23.7 Å². The van der Waals surface area contributed by atoms with Crippen molar-refractivity contribution in [2.75, 3.05) is 20.1 Å². The molecule has 2 amide bonds. The maximum absolute atomic E-state index is 12.2. The van der Waals surface area contributed by atoms with Crippen LogP contribution in [-0.4, -0.2) is 42.9 Å². The van der Waals surface area contributed by atoms with E-state index in [1.165, 1.54) is 0 Å². The zero-order valence-electron chi connectivity index (χ0n) is 13.6. The van der Waals surface area contributed by atoms with Crippen LogP contribution >= 0.6 is 0 Å². The summed E-state index contributed by atoms with van der Waals surface area (Å²) < 4.78 is 0. The van der Waals surface area contributed by atoms with Gasteiger partial charge in [0.15, 0.2) is 0 Å². The van der Waals surface area contributed by atoms with E-state index >= 15 is 0 Å². The lowest BCUT2D eigenvalue weighted by atomic mass is 10.1. The van der Waals surface area contributed by atoms with E-state index in [4.69, 9.17) is 5.73 Å². The van der Waals surface area contributed by atoms with E-state index < -0.39 is 0 Å². The molecule has 0 aromatic heterocycles. The smallest absolute Gasteiger partial charge is 0.251 e. The molecule has 0 heterocycles. The number of carbonyl (C=O) groups is 2. The maximum Gasteiger partial charge on any atom is 0.251 e. The van der Waals surface area contributed by atoms with Crippen LogP contribution < -0.4 is 11.1 Å². The number of nitrogens with one attached hydrogen (secondary N) is 1. The van der Waals surface area contributed by atoms with Gasteiger partial charge in [0.2, 0.25) is 5.91 Å². The molecule has 0 aliphatic heterocycles. The van der Waals surface area contributed by atoms with Crippen molar-refractivity contribution in [3.8, 4) is 0 Å². The minimum absolute atomic E-state index is 0.00121. The molecular formula is C18H23N3O2. The van der Waals surface area contributed by atoms with Crippen molar-refractivity contribution in [2.24, 2.45) is 5.73 Å². The van der Waals surface area contributed by atoms with E-state index in [1.807, 2.05) is 43.3 Å². The molecule has 122 valence electrons. The minimum Gasteiger partial charge on any atom is -0.352 e. The minimum atomic E-state index is -0.168. The molecule has 0 saturated carbocycles. The van der Waals surface area contributed by atoms with Crippen molar-refractivity contribution < 1.29 is 9.59 Å². The quantitative estimate of drug-likeness (QED) is 0.853. The first kappa shape index (κ1) is 17.0. The number of fused-ring (bicyclic) bond motifs is 1. The molecule has 0 aliphatic rings. The molecule has 2 aromatic carbocycles. The van der Waals surface area contributed by atoms with Crippen molar-refractivity contribution in [1.29, 1.82) is 0 Å². The highest BCUT2D eigenvalue weighted by atomic mass is 16.2. The van der Waals surface area contributed by atoms with E-state index in [0.717, 1.165) is 10.8 Å². The first-order valence-electron chi connectivity index (χ1n) is 7.75. The number of hydrogen-bond acceptors (Lipinski definition) is 3. The Morgan fingerprint density at radius 1 is 1.17 bits per heavy atom. The first-order chi connectivity index (χ1) is 11.0. The molecule has 0 aliphatic carbocycles. The molecule has 1 atom stereocenters. The summed E-state index contributed by atoms with van der Waals surface area (Å²) in [6.45, 7) is 2.63. The van der Waals surface area contributed by atoms with Crippen LogP contribution in [0.15, 0.2) is 42.5 Å². The third kappa shape index (κ3) is 4.29. The number of rotatable bonds is 6. The Hall–Kier alpha value is -2.40. The third-order valence-corrected chi connectivity index (χ3v) is 4.03. The van der Waals surface area contributed by atoms with Gasteiger partial charge < -0.3 is 16.0 Å². The standard InChI is InChI=1S/C18H23N3O2/c1-13(12-19)21(2)17(22)9-10-20-18(23)16-8-7-14-5-3-4-6-15(14)11-16/h3-8,11,13H,9-10,12,19H2,1-2H3,(H,20,23). The Morgan fingerprint density at radius 2 is 1.87 bits per heavy atom. The fourth-order valence-corrected chi connectivity index (χ4v) is 2.30. The van der Waals surface area contributed by atoms with Crippen molar-refractivity contribution in [1.82, 2.24) is 10.2 Å². The highest BCUT2D eigenvalue weighted by Crippen LogP contribution is 2.15. The number of nitrogens with two attached hydrogens (primary N) is 1. The second kappa shape index (κ2) is 7.74. The van der Waals surface area contributed by atoms with Crippen LogP contribution in [0, 0.1) is 0 Å². The Bertz CT molecular complexity index is 699. The van der Waals surface area contributed by atoms with Gasteiger partial charge in [0.05, 0.1) is 0 Å². The lowest BCUT2D eigenvalue weighted by Crippen LogP contribution is -2.41. The molecule has 23 heavy (non-hydrogen) atoms. The summed E-state index contributed by atoms with van der Waals surface area (Å²) >= 11 is 0. The van der Waals surface area contributed by atoms with E-state index in [-0.39, 0.29) is 24.3 Å². The predicted molar refractivity (Wildman–Crippen MR) is 92.2 cm³/mol. The van der Waals surface area contributed by atoms with E-state index in [0.29, 0.717) is 18.7 Å². The molecule has 0 saturated heterocycles.